The fourth-order valence-electron chi connectivity index (χ4n) is 4.80. The molecule has 13 heteroatoms. The Balaban J connectivity index is 1.42. The number of hydrogen-bond donors (Lipinski definition) is 3. The Morgan fingerprint density at radius 3 is 2.67 bits per heavy atom. The molecule has 0 saturated carbocycles. The number of ketones is 1. The molecule has 1 atom stereocenters. The molecule has 0 saturated heterocycles. The maximum absolute atomic E-state index is 13.3. The highest BCUT2D eigenvalue weighted by molar-refractivity contribution is 8.01. The molecule has 3 aromatic rings. The largest absolute Gasteiger partial charge is 0.384 e. The van der Waals surface area contributed by atoms with Gasteiger partial charge in [0.2, 0.25) is 11.0 Å². The lowest BCUT2D eigenvalue weighted by molar-refractivity contribution is -0.116. The van der Waals surface area contributed by atoms with Gasteiger partial charge >= 0.3 is 0 Å². The van der Waals surface area contributed by atoms with Gasteiger partial charge in [-0.25, -0.2) is 0 Å². The van der Waals surface area contributed by atoms with Gasteiger partial charge in [0, 0.05) is 22.7 Å². The summed E-state index contributed by atoms with van der Waals surface area (Å²) >= 11 is 8.84. The van der Waals surface area contributed by atoms with Crippen molar-refractivity contribution in [2.45, 2.75) is 29.5 Å². The van der Waals surface area contributed by atoms with Crippen molar-refractivity contribution in [1.29, 1.82) is 5.26 Å². The number of carbonyl (C=O) groups is 3. The predicted molar refractivity (Wildman–Crippen MR) is 154 cm³/mol. The molecule has 1 aliphatic heterocycles. The van der Waals surface area contributed by atoms with E-state index >= 15 is 0 Å². The zero-order valence-electron chi connectivity index (χ0n) is 20.9. The fourth-order valence-corrected chi connectivity index (χ4v) is 6.72. The molecule has 0 fully saturated rings. The van der Waals surface area contributed by atoms with Crippen LogP contribution in [0.4, 0.5) is 10.8 Å². The van der Waals surface area contributed by atoms with Crippen LogP contribution in [0.2, 0.25) is 5.02 Å². The number of rotatable bonds is 7. The standard InChI is InChI=1S/C27H22ClN7O3S2/c28-17-8-3-1-6-14(17)22-16(12-29)24(30)35(19-10-5-11-20(36)23(19)22)26-33-34-27(40-26)39-13-21(37)32-18-9-4-2-7-15(18)25(31)38/h1-4,6-9,22H,5,10-11,13,30H2,(H2,31,38)(H,32,37). The molecule has 2 aromatic carbocycles. The number of aromatic nitrogens is 2. The minimum absolute atomic E-state index is 0.00247. The van der Waals surface area contributed by atoms with Crippen molar-refractivity contribution in [2.24, 2.45) is 11.5 Å². The van der Waals surface area contributed by atoms with Gasteiger partial charge in [-0.2, -0.15) is 5.26 Å². The van der Waals surface area contributed by atoms with Gasteiger partial charge in [0.25, 0.3) is 5.91 Å². The Bertz CT molecular complexity index is 1640. The number of hydrogen-bond acceptors (Lipinski definition) is 10. The third-order valence-corrected chi connectivity index (χ3v) is 8.90. The van der Waals surface area contributed by atoms with E-state index in [-0.39, 0.29) is 34.4 Å². The van der Waals surface area contributed by atoms with Crippen LogP contribution in [0.1, 0.15) is 41.1 Å². The van der Waals surface area contributed by atoms with Crippen molar-refractivity contribution in [3.8, 4) is 6.07 Å². The summed E-state index contributed by atoms with van der Waals surface area (Å²) < 4.78 is 0.483. The van der Waals surface area contributed by atoms with Gasteiger partial charge in [-0.05, 0) is 36.6 Å². The lowest BCUT2D eigenvalue weighted by atomic mass is 9.76. The average molecular weight is 592 g/mol. The number of amides is 2. The van der Waals surface area contributed by atoms with Crippen molar-refractivity contribution in [2.75, 3.05) is 16.0 Å². The topological polar surface area (TPSA) is 168 Å². The Morgan fingerprint density at radius 2 is 1.93 bits per heavy atom. The summed E-state index contributed by atoms with van der Waals surface area (Å²) in [5.74, 6) is -1.58. The molecule has 0 radical (unpaired) electrons. The van der Waals surface area contributed by atoms with Crippen LogP contribution in [0.25, 0.3) is 0 Å². The highest BCUT2D eigenvalue weighted by Crippen LogP contribution is 2.48. The zero-order chi connectivity index (χ0) is 28.4. The lowest BCUT2D eigenvalue weighted by Gasteiger charge is -2.38. The van der Waals surface area contributed by atoms with Gasteiger partial charge in [-0.3, -0.25) is 19.3 Å². The van der Waals surface area contributed by atoms with E-state index in [4.69, 9.17) is 23.1 Å². The van der Waals surface area contributed by atoms with Gasteiger partial charge in [0.05, 0.1) is 34.6 Å². The van der Waals surface area contributed by atoms with Crippen molar-refractivity contribution in [3.63, 3.8) is 0 Å². The van der Waals surface area contributed by atoms with E-state index in [2.05, 4.69) is 21.6 Å². The molecule has 1 aromatic heterocycles. The number of nitrogens with two attached hydrogens (primary N) is 2. The number of Topliss-reactive ketones (excluding diaryl/α,β-unsaturated/α-hetero) is 1. The highest BCUT2D eigenvalue weighted by atomic mass is 35.5. The van der Waals surface area contributed by atoms with Crippen LogP contribution in [0.5, 0.6) is 0 Å². The molecule has 5 N–H and O–H groups in total. The number of nitrogens with zero attached hydrogens (tertiary/aromatic N) is 4. The normalized spacial score (nSPS) is 16.9. The summed E-state index contributed by atoms with van der Waals surface area (Å²) in [5, 5.41) is 22.1. The van der Waals surface area contributed by atoms with Gasteiger partial charge in [0.1, 0.15) is 5.82 Å². The lowest BCUT2D eigenvalue weighted by Crippen LogP contribution is -2.38. The Morgan fingerprint density at radius 1 is 1.18 bits per heavy atom. The molecule has 2 heterocycles. The van der Waals surface area contributed by atoms with Crippen LogP contribution < -0.4 is 21.7 Å². The summed E-state index contributed by atoms with van der Waals surface area (Å²) in [7, 11) is 0. The number of allylic oxidation sites excluding steroid dienone is 3. The van der Waals surface area contributed by atoms with Crippen molar-refractivity contribution in [3.05, 3.63) is 87.3 Å². The van der Waals surface area contributed by atoms with Crippen LogP contribution >= 0.6 is 34.7 Å². The van der Waals surface area contributed by atoms with Crippen molar-refractivity contribution < 1.29 is 14.4 Å². The van der Waals surface area contributed by atoms with Gasteiger partial charge in [-0.15, -0.1) is 10.2 Å². The maximum atomic E-state index is 13.3. The molecule has 0 spiro atoms. The summed E-state index contributed by atoms with van der Waals surface area (Å²) in [6.45, 7) is 0. The first-order valence-corrected chi connectivity index (χ1v) is 14.3. The predicted octanol–water partition coefficient (Wildman–Crippen LogP) is 4.33. The molecule has 1 aliphatic carbocycles. The molecule has 0 bridgehead atoms. The quantitative estimate of drug-likeness (QED) is 0.339. The number of halogens is 1. The van der Waals surface area contributed by atoms with Gasteiger partial charge < -0.3 is 16.8 Å². The molecule has 202 valence electrons. The number of benzene rings is 2. The number of nitrogens with one attached hydrogen (secondary N) is 1. The van der Waals surface area contributed by atoms with E-state index < -0.39 is 11.8 Å². The number of para-hydroxylation sites is 1. The maximum Gasteiger partial charge on any atom is 0.250 e. The third-order valence-electron chi connectivity index (χ3n) is 6.51. The van der Waals surface area contributed by atoms with E-state index in [1.54, 1.807) is 41.3 Å². The van der Waals surface area contributed by atoms with Crippen molar-refractivity contribution >= 4 is 63.1 Å². The molecule has 5 rings (SSSR count). The SMILES string of the molecule is N#CC1=C(N)N(c2nnc(SCC(=O)Nc3ccccc3C(N)=O)s2)C2=C(C(=O)CCC2)C1c1ccccc1Cl. The smallest absolute Gasteiger partial charge is 0.250 e. The Labute approximate surface area is 242 Å². The monoisotopic (exact) mass is 591 g/mol. The van der Waals surface area contributed by atoms with Gasteiger partial charge in [0.15, 0.2) is 10.1 Å². The molecule has 2 amide bonds. The molecular formula is C27H22ClN7O3S2. The number of carbonyl (C=O) groups excluding carboxylic acids is 3. The van der Waals surface area contributed by atoms with E-state index in [9.17, 15) is 19.6 Å². The molecule has 10 nitrogen and oxygen atoms in total. The molecular weight excluding hydrogens is 570 g/mol. The molecule has 2 aliphatic rings. The van der Waals surface area contributed by atoms with E-state index in [0.29, 0.717) is 56.3 Å². The van der Waals surface area contributed by atoms with Crippen LogP contribution in [0.3, 0.4) is 0 Å². The number of thioether (sulfide) groups is 1. The first-order chi connectivity index (χ1) is 19.3. The highest BCUT2D eigenvalue weighted by Gasteiger charge is 2.41. The van der Waals surface area contributed by atoms with Crippen molar-refractivity contribution in [1.82, 2.24) is 10.2 Å². The zero-order valence-corrected chi connectivity index (χ0v) is 23.3. The summed E-state index contributed by atoms with van der Waals surface area (Å²) in [5.41, 5.74) is 14.5. The Hall–Kier alpha value is -4.18. The second-order valence-corrected chi connectivity index (χ2v) is 11.5. The third kappa shape index (κ3) is 5.19. The fraction of sp³-hybridized carbons (Fsp3) is 0.185. The first-order valence-electron chi connectivity index (χ1n) is 12.2. The van der Waals surface area contributed by atoms with E-state index in [1.165, 1.54) is 17.4 Å². The first kappa shape index (κ1) is 27.4. The van der Waals surface area contributed by atoms with Crippen LogP contribution in [-0.4, -0.2) is 33.5 Å². The second kappa shape index (κ2) is 11.5. The number of anilines is 2. The van der Waals surface area contributed by atoms with Gasteiger partial charge in [-0.1, -0.05) is 65.0 Å². The van der Waals surface area contributed by atoms with E-state index in [1.807, 2.05) is 6.07 Å². The minimum atomic E-state index is -0.675. The number of nitriles is 1. The van der Waals surface area contributed by atoms with Crippen LogP contribution in [0.15, 0.2) is 75.5 Å². The van der Waals surface area contributed by atoms with Crippen LogP contribution in [0, 0.1) is 11.3 Å². The van der Waals surface area contributed by atoms with Crippen LogP contribution in [-0.2, 0) is 9.59 Å². The number of primary amides is 1. The summed E-state index contributed by atoms with van der Waals surface area (Å²) in [4.78, 5) is 39.1. The second-order valence-electron chi connectivity index (χ2n) is 8.93. The molecule has 1 unspecified atom stereocenters. The van der Waals surface area contributed by atoms with E-state index in [0.717, 1.165) is 11.8 Å². The average Bonchev–Trinajstić information content (AvgIpc) is 3.40. The Kier molecular flexibility index (Phi) is 7.88. The molecule has 40 heavy (non-hydrogen) atoms. The minimum Gasteiger partial charge on any atom is -0.384 e. The summed E-state index contributed by atoms with van der Waals surface area (Å²) in [6, 6.07) is 15.8. The summed E-state index contributed by atoms with van der Waals surface area (Å²) in [6.07, 6.45) is 1.55.